The lowest BCUT2D eigenvalue weighted by Gasteiger charge is -2.11. The van der Waals surface area contributed by atoms with Crippen LogP contribution in [0.4, 0.5) is 11.4 Å². The summed E-state index contributed by atoms with van der Waals surface area (Å²) in [5, 5.41) is 3.91. The highest BCUT2D eigenvalue weighted by molar-refractivity contribution is 7.95. The molecule has 1 amide bonds. The average molecular weight is 437 g/mol. The van der Waals surface area contributed by atoms with Gasteiger partial charge in [0.05, 0.1) is 11.5 Å². The number of sulfonamides is 1. The summed E-state index contributed by atoms with van der Waals surface area (Å²) in [5.41, 5.74) is 2.19. The van der Waals surface area contributed by atoms with Crippen LogP contribution in [0.2, 0.25) is 0 Å². The molecule has 7 heteroatoms. The molecular weight excluding hydrogens is 412 g/mol. The molecule has 3 aromatic carbocycles. The monoisotopic (exact) mass is 436 g/mol. The van der Waals surface area contributed by atoms with Crippen molar-refractivity contribution in [1.29, 1.82) is 0 Å². The number of hydrogen-bond acceptors (Lipinski definition) is 4. The molecule has 31 heavy (non-hydrogen) atoms. The SMILES string of the molecule is CC(C)Oc1ccc(NC(=O)c2ccc(NS(=O)(=O)/C=C/c3ccccc3)cc2)cc1. The molecular formula is C24H24N2O4S. The number of ether oxygens (including phenoxy) is 1. The van der Waals surface area contributed by atoms with E-state index in [1.165, 1.54) is 6.08 Å². The molecule has 0 atom stereocenters. The van der Waals surface area contributed by atoms with Gasteiger partial charge in [-0.15, -0.1) is 0 Å². The van der Waals surface area contributed by atoms with Gasteiger partial charge in [0, 0.05) is 16.9 Å². The zero-order valence-corrected chi connectivity index (χ0v) is 18.1. The highest BCUT2D eigenvalue weighted by atomic mass is 32.2. The van der Waals surface area contributed by atoms with Crippen LogP contribution in [0.1, 0.15) is 29.8 Å². The van der Waals surface area contributed by atoms with Gasteiger partial charge < -0.3 is 10.1 Å². The predicted molar refractivity (Wildman–Crippen MR) is 125 cm³/mol. The van der Waals surface area contributed by atoms with Crippen LogP contribution >= 0.6 is 0 Å². The van der Waals surface area contributed by atoms with Crippen LogP contribution in [0.15, 0.2) is 84.3 Å². The summed E-state index contributed by atoms with van der Waals surface area (Å²) in [6.07, 6.45) is 1.59. The van der Waals surface area contributed by atoms with Gasteiger partial charge in [0.15, 0.2) is 0 Å². The number of amides is 1. The lowest BCUT2D eigenvalue weighted by Crippen LogP contribution is -2.13. The first-order chi connectivity index (χ1) is 14.8. The quantitative estimate of drug-likeness (QED) is 0.512. The highest BCUT2D eigenvalue weighted by Crippen LogP contribution is 2.18. The minimum Gasteiger partial charge on any atom is -0.491 e. The third kappa shape index (κ3) is 7.01. The Hall–Kier alpha value is -3.58. The van der Waals surface area contributed by atoms with Crippen molar-refractivity contribution >= 4 is 33.4 Å². The van der Waals surface area contributed by atoms with Gasteiger partial charge in [-0.25, -0.2) is 8.42 Å². The van der Waals surface area contributed by atoms with Crippen molar-refractivity contribution in [3.8, 4) is 5.75 Å². The van der Waals surface area contributed by atoms with E-state index in [0.717, 1.165) is 16.7 Å². The van der Waals surface area contributed by atoms with Crippen molar-refractivity contribution in [1.82, 2.24) is 0 Å². The molecule has 160 valence electrons. The first-order valence-electron chi connectivity index (χ1n) is 9.75. The van der Waals surface area contributed by atoms with Gasteiger partial charge in [-0.1, -0.05) is 30.3 Å². The maximum absolute atomic E-state index is 12.4. The van der Waals surface area contributed by atoms with E-state index in [4.69, 9.17) is 4.74 Å². The van der Waals surface area contributed by atoms with Crippen molar-refractivity contribution in [3.05, 3.63) is 95.4 Å². The van der Waals surface area contributed by atoms with Crippen molar-refractivity contribution < 1.29 is 17.9 Å². The lowest BCUT2D eigenvalue weighted by molar-refractivity contribution is 0.102. The number of carbonyl (C=O) groups excluding carboxylic acids is 1. The normalized spacial score (nSPS) is 11.5. The van der Waals surface area contributed by atoms with Crippen molar-refractivity contribution in [2.45, 2.75) is 20.0 Å². The second kappa shape index (κ2) is 9.95. The second-order valence-corrected chi connectivity index (χ2v) is 8.65. The molecule has 0 spiro atoms. The Morgan fingerprint density at radius 3 is 2.10 bits per heavy atom. The Morgan fingerprint density at radius 1 is 0.871 bits per heavy atom. The molecule has 0 heterocycles. The third-order valence-electron chi connectivity index (χ3n) is 4.13. The van der Waals surface area contributed by atoms with Crippen LogP contribution in [0.5, 0.6) is 5.75 Å². The fourth-order valence-electron chi connectivity index (χ4n) is 2.71. The molecule has 0 bridgehead atoms. The van der Waals surface area contributed by atoms with Gasteiger partial charge in [-0.3, -0.25) is 9.52 Å². The van der Waals surface area contributed by atoms with E-state index in [0.29, 0.717) is 16.9 Å². The van der Waals surface area contributed by atoms with Gasteiger partial charge in [0.2, 0.25) is 0 Å². The standard InChI is InChI=1S/C24H24N2O4S/c1-18(2)30-23-14-12-21(13-15-23)25-24(27)20-8-10-22(11-9-20)26-31(28,29)17-16-19-6-4-3-5-7-19/h3-18,26H,1-2H3,(H,25,27)/b17-16+. The van der Waals surface area contributed by atoms with Gasteiger partial charge >= 0.3 is 0 Å². The number of rotatable bonds is 8. The largest absolute Gasteiger partial charge is 0.491 e. The molecule has 6 nitrogen and oxygen atoms in total. The van der Waals surface area contributed by atoms with Crippen LogP contribution in [-0.2, 0) is 10.0 Å². The number of carbonyl (C=O) groups is 1. The zero-order chi connectivity index (χ0) is 22.3. The van der Waals surface area contributed by atoms with Crippen LogP contribution in [-0.4, -0.2) is 20.4 Å². The number of nitrogens with one attached hydrogen (secondary N) is 2. The lowest BCUT2D eigenvalue weighted by atomic mass is 10.2. The van der Waals surface area contributed by atoms with Crippen molar-refractivity contribution in [2.75, 3.05) is 10.0 Å². The molecule has 3 aromatic rings. The maximum atomic E-state index is 12.4. The minimum absolute atomic E-state index is 0.0743. The maximum Gasteiger partial charge on any atom is 0.255 e. The zero-order valence-electron chi connectivity index (χ0n) is 17.3. The predicted octanol–water partition coefficient (Wildman–Crippen LogP) is 5.14. The smallest absolute Gasteiger partial charge is 0.255 e. The van der Waals surface area contributed by atoms with E-state index in [1.807, 2.05) is 44.2 Å². The summed E-state index contributed by atoms with van der Waals surface area (Å²) in [6, 6.07) is 22.4. The summed E-state index contributed by atoms with van der Waals surface area (Å²) >= 11 is 0. The molecule has 3 rings (SSSR count). The summed E-state index contributed by atoms with van der Waals surface area (Å²) in [6.45, 7) is 3.89. The van der Waals surface area contributed by atoms with Gasteiger partial charge in [-0.2, -0.15) is 0 Å². The molecule has 2 N–H and O–H groups in total. The van der Waals surface area contributed by atoms with E-state index < -0.39 is 10.0 Å². The van der Waals surface area contributed by atoms with E-state index in [-0.39, 0.29) is 12.0 Å². The molecule has 0 saturated carbocycles. The topological polar surface area (TPSA) is 84.5 Å². The molecule has 0 aliphatic rings. The van der Waals surface area contributed by atoms with Crippen LogP contribution < -0.4 is 14.8 Å². The molecule has 0 aliphatic carbocycles. The summed E-state index contributed by atoms with van der Waals surface area (Å²) in [7, 11) is -3.67. The second-order valence-electron chi connectivity index (χ2n) is 7.08. The summed E-state index contributed by atoms with van der Waals surface area (Å²) in [4.78, 5) is 12.4. The van der Waals surface area contributed by atoms with Gasteiger partial charge in [0.25, 0.3) is 15.9 Å². The Kier molecular flexibility index (Phi) is 7.10. The van der Waals surface area contributed by atoms with Crippen molar-refractivity contribution in [3.63, 3.8) is 0 Å². The highest BCUT2D eigenvalue weighted by Gasteiger charge is 2.09. The number of benzene rings is 3. The fraction of sp³-hybridized carbons (Fsp3) is 0.125. The Morgan fingerprint density at radius 2 is 1.48 bits per heavy atom. The van der Waals surface area contributed by atoms with Gasteiger partial charge in [0.1, 0.15) is 5.75 Å². The molecule has 0 fully saturated rings. The molecule has 0 saturated heterocycles. The number of anilines is 2. The summed E-state index contributed by atoms with van der Waals surface area (Å²) < 4.78 is 32.5. The average Bonchev–Trinajstić information content (AvgIpc) is 2.74. The van der Waals surface area contributed by atoms with E-state index in [2.05, 4.69) is 10.0 Å². The van der Waals surface area contributed by atoms with Gasteiger partial charge in [-0.05, 0) is 74.0 Å². The first kappa shape index (κ1) is 22.1. The number of hydrogen-bond donors (Lipinski definition) is 2. The van der Waals surface area contributed by atoms with Crippen LogP contribution in [0.25, 0.3) is 6.08 Å². The van der Waals surface area contributed by atoms with E-state index in [1.54, 1.807) is 48.5 Å². The van der Waals surface area contributed by atoms with Crippen LogP contribution in [0, 0.1) is 0 Å². The van der Waals surface area contributed by atoms with Crippen molar-refractivity contribution in [2.24, 2.45) is 0 Å². The molecule has 0 aromatic heterocycles. The molecule has 0 aliphatic heterocycles. The summed E-state index contributed by atoms with van der Waals surface area (Å²) in [5.74, 6) is 0.432. The third-order valence-corrected chi connectivity index (χ3v) is 5.14. The molecule has 0 unspecified atom stereocenters. The molecule has 0 radical (unpaired) electrons. The fourth-order valence-corrected chi connectivity index (χ4v) is 3.58. The van der Waals surface area contributed by atoms with Crippen LogP contribution in [0.3, 0.4) is 0 Å². The minimum atomic E-state index is -3.67. The Balaban J connectivity index is 1.60. The van der Waals surface area contributed by atoms with E-state index >= 15 is 0 Å². The first-order valence-corrected chi connectivity index (χ1v) is 11.3. The Bertz CT molecular complexity index is 1140. The van der Waals surface area contributed by atoms with E-state index in [9.17, 15) is 13.2 Å². The Labute approximate surface area is 182 Å².